The van der Waals surface area contributed by atoms with E-state index in [0.717, 1.165) is 11.1 Å². The molecule has 4 N–H and O–H groups in total. The van der Waals surface area contributed by atoms with Crippen LogP contribution in [-0.4, -0.2) is 14.8 Å². The van der Waals surface area contributed by atoms with Gasteiger partial charge in [0, 0.05) is 11.1 Å². The van der Waals surface area contributed by atoms with Gasteiger partial charge in [0.25, 0.3) is 0 Å². The molecule has 0 aliphatic heterocycles. The smallest absolute Gasteiger partial charge is 0.223 e. The van der Waals surface area contributed by atoms with E-state index < -0.39 is 11.1 Å². The van der Waals surface area contributed by atoms with Crippen LogP contribution in [0.15, 0.2) is 65.8 Å². The van der Waals surface area contributed by atoms with E-state index in [1.54, 1.807) is 0 Å². The second-order valence-electron chi connectivity index (χ2n) is 3.78. The van der Waals surface area contributed by atoms with Crippen LogP contribution in [0.25, 0.3) is 0 Å². The van der Waals surface area contributed by atoms with Crippen molar-refractivity contribution >= 4 is 16.8 Å². The lowest BCUT2D eigenvalue weighted by Gasteiger charge is -2.17. The highest BCUT2D eigenvalue weighted by Crippen LogP contribution is 2.30. The maximum atomic E-state index is 9.05. The van der Waals surface area contributed by atoms with Crippen LogP contribution in [0, 0.1) is 0 Å². The average molecular weight is 278 g/mol. The third kappa shape index (κ3) is 4.08. The number of benzene rings is 2. The molecule has 0 bridgehead atoms. The zero-order valence-corrected chi connectivity index (χ0v) is 10.8. The van der Waals surface area contributed by atoms with Gasteiger partial charge in [-0.1, -0.05) is 65.8 Å². The molecular formula is C13H14N2O3S. The number of hydrogen-bond acceptors (Lipinski definition) is 5. The molecule has 5 nitrogen and oxygen atoms in total. The van der Waals surface area contributed by atoms with E-state index in [2.05, 4.69) is 9.44 Å². The fourth-order valence-corrected chi connectivity index (χ4v) is 1.74. The van der Waals surface area contributed by atoms with E-state index in [1.165, 1.54) is 0 Å². The minimum Gasteiger partial charge on any atom is -0.286 e. The Hall–Kier alpha value is -1.86. The number of nitrogens with zero attached hydrogens (tertiary/aromatic N) is 1. The zero-order valence-electron chi connectivity index (χ0n) is 10.0. The molecule has 2 rings (SSSR count). The molecule has 100 valence electrons. The van der Waals surface area contributed by atoms with Crippen molar-refractivity contribution in [3.63, 3.8) is 0 Å². The lowest BCUT2D eigenvalue weighted by Crippen LogP contribution is -2.11. The molecule has 0 fully saturated rings. The van der Waals surface area contributed by atoms with Gasteiger partial charge in [0.15, 0.2) is 0 Å². The van der Waals surface area contributed by atoms with Gasteiger partial charge in [0.1, 0.15) is 5.71 Å². The van der Waals surface area contributed by atoms with Crippen LogP contribution in [0.5, 0.6) is 0 Å². The molecule has 2 aromatic rings. The molecule has 19 heavy (non-hydrogen) atoms. The Labute approximate surface area is 113 Å². The van der Waals surface area contributed by atoms with Gasteiger partial charge in [-0.05, 0) is 0 Å². The molecule has 0 aliphatic rings. The summed E-state index contributed by atoms with van der Waals surface area (Å²) in [5, 5.41) is 8.77. The minimum absolute atomic E-state index is 0.478. The summed E-state index contributed by atoms with van der Waals surface area (Å²) in [6, 6.07) is 18.6. The standard InChI is InChI=1S/C13H14N2O3S/c14-19(16,17)18-15-13(11-7-3-1-4-8-11)12-9-5-2-6-10-12/h1-10,16-17H,14H2. The monoisotopic (exact) mass is 278 g/mol. The Balaban J connectivity index is 2.40. The van der Waals surface area contributed by atoms with E-state index in [0.29, 0.717) is 5.71 Å². The Morgan fingerprint density at radius 2 is 1.32 bits per heavy atom. The summed E-state index contributed by atoms with van der Waals surface area (Å²) in [5.74, 6) is 0. The summed E-state index contributed by atoms with van der Waals surface area (Å²) in [5.41, 5.74) is 2.06. The van der Waals surface area contributed by atoms with E-state index in [9.17, 15) is 0 Å². The van der Waals surface area contributed by atoms with Crippen LogP contribution in [0.1, 0.15) is 11.1 Å². The van der Waals surface area contributed by atoms with Crippen molar-refractivity contribution < 1.29 is 13.4 Å². The molecule has 6 heteroatoms. The Morgan fingerprint density at radius 1 is 0.895 bits per heavy atom. The lowest BCUT2D eigenvalue weighted by molar-refractivity contribution is 0.277. The largest absolute Gasteiger partial charge is 0.286 e. The molecular weight excluding hydrogens is 264 g/mol. The molecule has 0 unspecified atom stereocenters. The summed E-state index contributed by atoms with van der Waals surface area (Å²) >= 11 is -3.62. The van der Waals surface area contributed by atoms with Gasteiger partial charge in [-0.25, -0.2) is 5.14 Å². The van der Waals surface area contributed by atoms with Gasteiger partial charge >= 0.3 is 0 Å². The Morgan fingerprint density at radius 3 is 1.68 bits per heavy atom. The van der Waals surface area contributed by atoms with Crippen molar-refractivity contribution in [3.05, 3.63) is 71.8 Å². The maximum absolute atomic E-state index is 9.05. The molecule has 0 spiro atoms. The third-order valence-electron chi connectivity index (χ3n) is 2.33. The number of oxime groups is 1. The molecule has 0 amide bonds. The maximum Gasteiger partial charge on any atom is 0.223 e. The number of rotatable bonds is 4. The molecule has 0 aliphatic carbocycles. The predicted octanol–water partition coefficient (Wildman–Crippen LogP) is 2.99. The first kappa shape index (κ1) is 13.6. The molecule has 2 aromatic carbocycles. The number of hydrogen-bond donors (Lipinski definition) is 3. The average Bonchev–Trinajstić information content (AvgIpc) is 2.40. The second-order valence-corrected chi connectivity index (χ2v) is 5.01. The minimum atomic E-state index is -3.62. The molecule has 0 heterocycles. The van der Waals surface area contributed by atoms with Gasteiger partial charge < -0.3 is 0 Å². The van der Waals surface area contributed by atoms with Crippen LogP contribution < -0.4 is 5.14 Å². The Bertz CT molecular complexity index is 512. The van der Waals surface area contributed by atoms with Crippen molar-refractivity contribution in [2.24, 2.45) is 10.3 Å². The van der Waals surface area contributed by atoms with E-state index in [4.69, 9.17) is 14.2 Å². The Kier molecular flexibility index (Phi) is 4.18. The van der Waals surface area contributed by atoms with Crippen LogP contribution in [0.2, 0.25) is 0 Å². The first-order valence-electron chi connectivity index (χ1n) is 5.50. The number of nitrogens with two attached hydrogens (primary N) is 1. The summed E-state index contributed by atoms with van der Waals surface area (Å²) in [4.78, 5) is 0. The lowest BCUT2D eigenvalue weighted by atomic mass is 10.0. The van der Waals surface area contributed by atoms with Gasteiger partial charge in [-0.15, -0.1) is 0 Å². The van der Waals surface area contributed by atoms with Crippen molar-refractivity contribution in [2.75, 3.05) is 0 Å². The van der Waals surface area contributed by atoms with E-state index >= 15 is 0 Å². The van der Waals surface area contributed by atoms with Crippen molar-refractivity contribution in [2.45, 2.75) is 0 Å². The first-order chi connectivity index (χ1) is 9.06. The molecule has 0 saturated carbocycles. The molecule has 0 aromatic heterocycles. The SMILES string of the molecule is NS(O)(O)ON=C(c1ccccc1)c1ccccc1. The molecule has 0 saturated heterocycles. The highest BCUT2D eigenvalue weighted by Gasteiger charge is 2.13. The normalized spacial score (nSPS) is 11.7. The van der Waals surface area contributed by atoms with Crippen LogP contribution in [0.4, 0.5) is 0 Å². The first-order valence-corrected chi connectivity index (χ1v) is 7.03. The van der Waals surface area contributed by atoms with Gasteiger partial charge in [-0.3, -0.25) is 13.4 Å². The third-order valence-corrected chi connectivity index (χ3v) is 2.63. The highest BCUT2D eigenvalue weighted by atomic mass is 32.3. The summed E-state index contributed by atoms with van der Waals surface area (Å²) in [7, 11) is 0. The van der Waals surface area contributed by atoms with Crippen LogP contribution >= 0.6 is 11.1 Å². The fraction of sp³-hybridized carbons (Fsp3) is 0. The highest BCUT2D eigenvalue weighted by molar-refractivity contribution is 8.18. The van der Waals surface area contributed by atoms with E-state index in [-0.39, 0.29) is 0 Å². The van der Waals surface area contributed by atoms with Gasteiger partial charge in [0.2, 0.25) is 11.1 Å². The van der Waals surface area contributed by atoms with Crippen LogP contribution in [-0.2, 0) is 4.28 Å². The summed E-state index contributed by atoms with van der Waals surface area (Å²) in [6.07, 6.45) is 0. The topological polar surface area (TPSA) is 88.1 Å². The molecule has 0 radical (unpaired) electrons. The second kappa shape index (κ2) is 5.85. The summed E-state index contributed by atoms with van der Waals surface area (Å²) in [6.45, 7) is 0. The van der Waals surface area contributed by atoms with Crippen molar-refractivity contribution in [1.29, 1.82) is 0 Å². The van der Waals surface area contributed by atoms with Gasteiger partial charge in [0.05, 0.1) is 0 Å². The quantitative estimate of drug-likeness (QED) is 0.592. The van der Waals surface area contributed by atoms with Crippen LogP contribution in [0.3, 0.4) is 0 Å². The van der Waals surface area contributed by atoms with Crippen molar-refractivity contribution in [1.82, 2.24) is 0 Å². The predicted molar refractivity (Wildman–Crippen MR) is 76.6 cm³/mol. The molecule has 0 atom stereocenters. The zero-order chi connectivity index (χ0) is 13.7. The van der Waals surface area contributed by atoms with Gasteiger partial charge in [-0.2, -0.15) is 0 Å². The van der Waals surface area contributed by atoms with Crippen molar-refractivity contribution in [3.8, 4) is 0 Å². The summed E-state index contributed by atoms with van der Waals surface area (Å²) < 4.78 is 22.7. The van der Waals surface area contributed by atoms with E-state index in [1.807, 2.05) is 60.7 Å². The fourth-order valence-electron chi connectivity index (χ4n) is 1.56.